The van der Waals surface area contributed by atoms with Gasteiger partial charge in [0.1, 0.15) is 5.15 Å². The fourth-order valence-electron chi connectivity index (χ4n) is 2.31. The Bertz CT molecular complexity index is 586. The van der Waals surface area contributed by atoms with Gasteiger partial charge in [-0.05, 0) is 25.0 Å². The third-order valence-electron chi connectivity index (χ3n) is 3.33. The molecule has 0 aliphatic heterocycles. The standard InChI is InChI=1S/C15H17ClN2O3/c1-2-3-11-7-10(8-13(16)17-11)14(19)18-12-5-4-9(6-12)15(20)21/h4-5,7-9,12H,2-3,6H2,1H3,(H,18,19)(H,20,21). The van der Waals surface area contributed by atoms with E-state index in [0.29, 0.717) is 12.0 Å². The molecule has 21 heavy (non-hydrogen) atoms. The van der Waals surface area contributed by atoms with Gasteiger partial charge in [-0.2, -0.15) is 0 Å². The third-order valence-corrected chi connectivity index (χ3v) is 3.53. The van der Waals surface area contributed by atoms with Crippen LogP contribution < -0.4 is 5.32 Å². The molecule has 0 spiro atoms. The van der Waals surface area contributed by atoms with Gasteiger partial charge in [-0.15, -0.1) is 0 Å². The van der Waals surface area contributed by atoms with Crippen LogP contribution in [0.4, 0.5) is 0 Å². The van der Waals surface area contributed by atoms with E-state index < -0.39 is 11.9 Å². The molecule has 0 radical (unpaired) electrons. The average molecular weight is 309 g/mol. The number of halogens is 1. The lowest BCUT2D eigenvalue weighted by atomic mass is 10.1. The molecule has 1 aliphatic carbocycles. The number of hydrogen-bond acceptors (Lipinski definition) is 3. The Hall–Kier alpha value is -1.88. The summed E-state index contributed by atoms with van der Waals surface area (Å²) >= 11 is 5.93. The molecule has 1 aromatic heterocycles. The fourth-order valence-corrected chi connectivity index (χ4v) is 2.53. The van der Waals surface area contributed by atoms with Crippen LogP contribution in [0, 0.1) is 5.92 Å². The highest BCUT2D eigenvalue weighted by molar-refractivity contribution is 6.29. The summed E-state index contributed by atoms with van der Waals surface area (Å²) in [5, 5.41) is 12.0. The van der Waals surface area contributed by atoms with Gasteiger partial charge in [0.15, 0.2) is 0 Å². The molecule has 0 aromatic carbocycles. The van der Waals surface area contributed by atoms with Crippen LogP contribution in [0.1, 0.15) is 35.8 Å². The lowest BCUT2D eigenvalue weighted by molar-refractivity contribution is -0.140. The van der Waals surface area contributed by atoms with Gasteiger partial charge >= 0.3 is 5.97 Å². The molecule has 6 heteroatoms. The molecule has 0 fully saturated rings. The summed E-state index contributed by atoms with van der Waals surface area (Å²) < 4.78 is 0. The SMILES string of the molecule is CCCc1cc(C(=O)NC2C=CC(C(=O)O)C2)cc(Cl)n1. The summed E-state index contributed by atoms with van der Waals surface area (Å²) in [5.41, 5.74) is 1.23. The maximum Gasteiger partial charge on any atom is 0.310 e. The molecule has 1 heterocycles. The molecule has 2 rings (SSSR count). The fraction of sp³-hybridized carbons (Fsp3) is 0.400. The first-order chi connectivity index (χ1) is 9.99. The van der Waals surface area contributed by atoms with E-state index in [0.717, 1.165) is 18.5 Å². The van der Waals surface area contributed by atoms with Gasteiger partial charge in [-0.25, -0.2) is 4.98 Å². The summed E-state index contributed by atoms with van der Waals surface area (Å²) in [6.45, 7) is 2.03. The van der Waals surface area contributed by atoms with E-state index in [9.17, 15) is 9.59 Å². The van der Waals surface area contributed by atoms with Gasteiger partial charge in [-0.1, -0.05) is 37.1 Å². The molecular weight excluding hydrogens is 292 g/mol. The minimum absolute atomic E-state index is 0.264. The van der Waals surface area contributed by atoms with Crippen molar-refractivity contribution in [2.24, 2.45) is 5.92 Å². The number of rotatable bonds is 5. The molecule has 0 bridgehead atoms. The largest absolute Gasteiger partial charge is 0.481 e. The minimum atomic E-state index is -0.875. The van der Waals surface area contributed by atoms with Crippen LogP contribution in [0.5, 0.6) is 0 Å². The zero-order valence-corrected chi connectivity index (χ0v) is 12.4. The van der Waals surface area contributed by atoms with Crippen molar-refractivity contribution in [3.8, 4) is 0 Å². The number of hydrogen-bond donors (Lipinski definition) is 2. The normalized spacial score (nSPS) is 20.5. The first kappa shape index (κ1) is 15.5. The van der Waals surface area contributed by atoms with Gasteiger partial charge in [0.25, 0.3) is 5.91 Å². The summed E-state index contributed by atoms with van der Waals surface area (Å²) in [6, 6.07) is 2.97. The number of carboxylic acid groups (broad SMARTS) is 1. The molecule has 1 amide bonds. The van der Waals surface area contributed by atoms with Crippen molar-refractivity contribution in [1.29, 1.82) is 0 Å². The quantitative estimate of drug-likeness (QED) is 0.647. The van der Waals surface area contributed by atoms with Crippen LogP contribution >= 0.6 is 11.6 Å². The lowest BCUT2D eigenvalue weighted by Gasteiger charge is -2.13. The van der Waals surface area contributed by atoms with Gasteiger partial charge < -0.3 is 10.4 Å². The Kier molecular flexibility index (Phi) is 4.96. The van der Waals surface area contributed by atoms with E-state index >= 15 is 0 Å². The first-order valence-corrected chi connectivity index (χ1v) is 7.26. The number of carboxylic acids is 1. The molecule has 5 nitrogen and oxygen atoms in total. The molecule has 0 saturated carbocycles. The van der Waals surface area contributed by atoms with Crippen molar-refractivity contribution in [2.45, 2.75) is 32.2 Å². The molecule has 2 unspecified atom stereocenters. The van der Waals surface area contributed by atoms with E-state index in [1.54, 1.807) is 18.2 Å². The van der Waals surface area contributed by atoms with E-state index in [2.05, 4.69) is 10.3 Å². The number of carbonyl (C=O) groups is 2. The number of nitrogens with one attached hydrogen (secondary N) is 1. The smallest absolute Gasteiger partial charge is 0.310 e. The molecule has 2 N–H and O–H groups in total. The zero-order chi connectivity index (χ0) is 15.4. The van der Waals surface area contributed by atoms with Gasteiger partial charge in [0.05, 0.1) is 5.92 Å². The molecule has 2 atom stereocenters. The van der Waals surface area contributed by atoms with E-state index in [4.69, 9.17) is 16.7 Å². The predicted octanol–water partition coefficient (Wildman–Crippen LogP) is 2.45. The van der Waals surface area contributed by atoms with Crippen molar-refractivity contribution >= 4 is 23.5 Å². The number of nitrogens with zero attached hydrogens (tertiary/aromatic N) is 1. The maximum absolute atomic E-state index is 12.2. The van der Waals surface area contributed by atoms with Crippen LogP contribution in [0.2, 0.25) is 5.15 Å². The molecule has 112 valence electrons. The summed E-state index contributed by atoms with van der Waals surface area (Å²) in [5.74, 6) is -1.68. The third kappa shape index (κ3) is 4.04. The summed E-state index contributed by atoms with van der Waals surface area (Å²) in [7, 11) is 0. The summed E-state index contributed by atoms with van der Waals surface area (Å²) in [6.07, 6.45) is 5.37. The van der Waals surface area contributed by atoms with E-state index in [1.165, 1.54) is 6.07 Å². The van der Waals surface area contributed by atoms with Gasteiger partial charge in [-0.3, -0.25) is 9.59 Å². The van der Waals surface area contributed by atoms with Gasteiger partial charge in [0.2, 0.25) is 0 Å². The van der Waals surface area contributed by atoms with Crippen molar-refractivity contribution < 1.29 is 14.7 Å². The van der Waals surface area contributed by atoms with Crippen LogP contribution in [0.25, 0.3) is 0 Å². The minimum Gasteiger partial charge on any atom is -0.481 e. The number of aliphatic carboxylic acids is 1. The topological polar surface area (TPSA) is 79.3 Å². The van der Waals surface area contributed by atoms with E-state index in [-0.39, 0.29) is 17.1 Å². The second kappa shape index (κ2) is 6.72. The monoisotopic (exact) mass is 308 g/mol. The Balaban J connectivity index is 2.04. The summed E-state index contributed by atoms with van der Waals surface area (Å²) in [4.78, 5) is 27.2. The zero-order valence-electron chi connectivity index (χ0n) is 11.7. The second-order valence-electron chi connectivity index (χ2n) is 5.07. The van der Waals surface area contributed by atoms with Crippen LogP contribution in [0.15, 0.2) is 24.3 Å². The highest BCUT2D eigenvalue weighted by Gasteiger charge is 2.25. The Morgan fingerprint density at radius 1 is 1.43 bits per heavy atom. The second-order valence-corrected chi connectivity index (χ2v) is 5.45. The number of aromatic nitrogens is 1. The number of amides is 1. The van der Waals surface area contributed by atoms with Crippen LogP contribution in [-0.2, 0) is 11.2 Å². The van der Waals surface area contributed by atoms with Crippen LogP contribution in [-0.4, -0.2) is 28.0 Å². The van der Waals surface area contributed by atoms with Crippen LogP contribution in [0.3, 0.4) is 0 Å². The lowest BCUT2D eigenvalue weighted by Crippen LogP contribution is -2.33. The molecular formula is C15H17ClN2O3. The highest BCUT2D eigenvalue weighted by Crippen LogP contribution is 2.19. The Morgan fingerprint density at radius 3 is 2.81 bits per heavy atom. The average Bonchev–Trinajstić information content (AvgIpc) is 2.87. The number of aryl methyl sites for hydroxylation is 1. The Morgan fingerprint density at radius 2 is 2.19 bits per heavy atom. The number of carbonyl (C=O) groups excluding carboxylic acids is 1. The van der Waals surface area contributed by atoms with Gasteiger partial charge in [0, 0.05) is 17.3 Å². The molecule has 1 aliphatic rings. The first-order valence-electron chi connectivity index (χ1n) is 6.88. The van der Waals surface area contributed by atoms with E-state index in [1.807, 2.05) is 6.92 Å². The van der Waals surface area contributed by atoms with Crippen molar-refractivity contribution in [3.05, 3.63) is 40.7 Å². The van der Waals surface area contributed by atoms with Crippen molar-refractivity contribution in [1.82, 2.24) is 10.3 Å². The predicted molar refractivity (Wildman–Crippen MR) is 79.4 cm³/mol. The highest BCUT2D eigenvalue weighted by atomic mass is 35.5. The molecule has 0 saturated heterocycles. The maximum atomic E-state index is 12.2. The van der Waals surface area contributed by atoms with Crippen molar-refractivity contribution in [2.75, 3.05) is 0 Å². The molecule has 1 aromatic rings. The van der Waals surface area contributed by atoms with Crippen molar-refractivity contribution in [3.63, 3.8) is 0 Å². The Labute approximate surface area is 128 Å². The number of pyridine rings is 1.